The van der Waals surface area contributed by atoms with E-state index in [0.717, 1.165) is 44.1 Å². The number of likely N-dealkylation sites (tertiary alicyclic amines) is 1. The Morgan fingerprint density at radius 1 is 1.07 bits per heavy atom. The van der Waals surface area contributed by atoms with Gasteiger partial charge in [-0.15, -0.1) is 0 Å². The van der Waals surface area contributed by atoms with Crippen molar-refractivity contribution in [3.05, 3.63) is 59.8 Å². The Bertz CT molecular complexity index is 828. The number of furan rings is 1. The van der Waals surface area contributed by atoms with Crippen LogP contribution in [-0.2, 0) is 4.79 Å². The van der Waals surface area contributed by atoms with Crippen LogP contribution in [-0.4, -0.2) is 29.8 Å². The van der Waals surface area contributed by atoms with Gasteiger partial charge in [0.1, 0.15) is 12.1 Å². The molecule has 154 valence electrons. The molecule has 1 aliphatic heterocycles. The zero-order chi connectivity index (χ0) is 20.2. The number of hydrogen-bond acceptors (Lipinski definition) is 3. The van der Waals surface area contributed by atoms with Crippen LogP contribution in [0.2, 0.25) is 0 Å². The Kier molecular flexibility index (Phi) is 5.97. The number of piperidine rings is 1. The highest BCUT2D eigenvalue weighted by molar-refractivity contribution is 5.94. The van der Waals surface area contributed by atoms with Crippen molar-refractivity contribution in [2.75, 3.05) is 13.1 Å². The maximum Gasteiger partial charge on any atom is 0.257 e. The summed E-state index contributed by atoms with van der Waals surface area (Å²) in [5.74, 6) is -0.246. The molecular formula is C23H27FN2O3. The van der Waals surface area contributed by atoms with E-state index in [1.165, 1.54) is 24.7 Å². The molecule has 1 saturated heterocycles. The second-order valence-electron chi connectivity index (χ2n) is 8.18. The number of rotatable bonds is 5. The first-order valence-electron chi connectivity index (χ1n) is 10.5. The van der Waals surface area contributed by atoms with E-state index in [4.69, 9.17) is 4.42 Å². The summed E-state index contributed by atoms with van der Waals surface area (Å²) >= 11 is 0. The number of carbonyl (C=O) groups is 2. The summed E-state index contributed by atoms with van der Waals surface area (Å²) in [6.45, 7) is 1.06. The second kappa shape index (κ2) is 8.80. The molecule has 6 heteroatoms. The summed E-state index contributed by atoms with van der Waals surface area (Å²) in [6.07, 6.45) is 8.94. The minimum atomic E-state index is -0.272. The fourth-order valence-corrected chi connectivity index (χ4v) is 4.65. The fraction of sp³-hybridized carbons (Fsp3) is 0.478. The van der Waals surface area contributed by atoms with Crippen LogP contribution in [0.1, 0.15) is 60.5 Å². The smallest absolute Gasteiger partial charge is 0.257 e. The molecule has 29 heavy (non-hydrogen) atoms. The summed E-state index contributed by atoms with van der Waals surface area (Å²) in [4.78, 5) is 27.5. The molecule has 0 bridgehead atoms. The second-order valence-corrected chi connectivity index (χ2v) is 8.18. The van der Waals surface area contributed by atoms with Crippen LogP contribution in [0.15, 0.2) is 47.3 Å². The SMILES string of the molecule is O=C(N[C@H](c1ccc(F)cc1)C1CCCC1)[C@H]1CCCN(C(=O)c2ccoc2)C1. The monoisotopic (exact) mass is 398 g/mol. The standard InChI is InChI=1S/C23H27FN2O3/c24-20-9-7-17(8-10-20)21(16-4-1-2-5-16)25-22(27)18-6-3-12-26(14-18)23(28)19-11-13-29-15-19/h7-11,13,15-16,18,21H,1-6,12,14H2,(H,25,27)/t18-,21-/m0/s1. The topological polar surface area (TPSA) is 62.6 Å². The summed E-state index contributed by atoms with van der Waals surface area (Å²) < 4.78 is 18.4. The average Bonchev–Trinajstić information content (AvgIpc) is 3.46. The number of nitrogens with zero attached hydrogens (tertiary/aromatic N) is 1. The maximum atomic E-state index is 13.4. The molecule has 2 aliphatic rings. The lowest BCUT2D eigenvalue weighted by atomic mass is 9.90. The van der Waals surface area contributed by atoms with Gasteiger partial charge in [0.2, 0.25) is 5.91 Å². The molecule has 1 aromatic carbocycles. The van der Waals surface area contributed by atoms with Crippen molar-refractivity contribution >= 4 is 11.8 Å². The number of amides is 2. The Morgan fingerprint density at radius 2 is 1.83 bits per heavy atom. The summed E-state index contributed by atoms with van der Waals surface area (Å²) in [6, 6.07) is 8.00. The van der Waals surface area contributed by atoms with Gasteiger partial charge < -0.3 is 14.6 Å². The number of nitrogens with one attached hydrogen (secondary N) is 1. The zero-order valence-electron chi connectivity index (χ0n) is 16.5. The molecule has 4 rings (SSSR count). The van der Waals surface area contributed by atoms with Crippen LogP contribution in [0.4, 0.5) is 4.39 Å². The van der Waals surface area contributed by atoms with Crippen LogP contribution in [0.5, 0.6) is 0 Å². The van der Waals surface area contributed by atoms with Crippen molar-refractivity contribution in [2.45, 2.75) is 44.6 Å². The van der Waals surface area contributed by atoms with E-state index in [9.17, 15) is 14.0 Å². The predicted molar refractivity (Wildman–Crippen MR) is 107 cm³/mol. The van der Waals surface area contributed by atoms with E-state index >= 15 is 0 Å². The van der Waals surface area contributed by atoms with Crippen LogP contribution in [0.25, 0.3) is 0 Å². The third-order valence-corrected chi connectivity index (χ3v) is 6.25. The first-order valence-corrected chi connectivity index (χ1v) is 10.5. The van der Waals surface area contributed by atoms with Crippen LogP contribution >= 0.6 is 0 Å². The van der Waals surface area contributed by atoms with Gasteiger partial charge in [-0.3, -0.25) is 9.59 Å². The van der Waals surface area contributed by atoms with Crippen molar-refractivity contribution in [3.63, 3.8) is 0 Å². The van der Waals surface area contributed by atoms with Crippen molar-refractivity contribution in [1.29, 1.82) is 0 Å². The van der Waals surface area contributed by atoms with Gasteiger partial charge in [-0.05, 0) is 55.4 Å². The van der Waals surface area contributed by atoms with E-state index in [1.807, 2.05) is 0 Å². The van der Waals surface area contributed by atoms with Gasteiger partial charge in [0.25, 0.3) is 5.91 Å². The lowest BCUT2D eigenvalue weighted by molar-refractivity contribution is -0.127. The van der Waals surface area contributed by atoms with Crippen LogP contribution in [0.3, 0.4) is 0 Å². The van der Waals surface area contributed by atoms with E-state index in [1.54, 1.807) is 23.1 Å². The normalized spacial score (nSPS) is 21.1. The Labute approximate surface area is 170 Å². The Hall–Kier alpha value is -2.63. The number of carbonyl (C=O) groups excluding carboxylic acids is 2. The van der Waals surface area contributed by atoms with Crippen molar-refractivity contribution in [1.82, 2.24) is 10.2 Å². The summed E-state index contributed by atoms with van der Waals surface area (Å²) in [5.41, 5.74) is 1.47. The number of halogens is 1. The van der Waals surface area contributed by atoms with E-state index < -0.39 is 0 Å². The van der Waals surface area contributed by atoms with Crippen molar-refractivity contribution < 1.29 is 18.4 Å². The minimum absolute atomic E-state index is 0.0177. The third kappa shape index (κ3) is 4.52. The average molecular weight is 398 g/mol. The predicted octanol–water partition coefficient (Wildman–Crippen LogP) is 4.32. The quantitative estimate of drug-likeness (QED) is 0.816. The summed E-state index contributed by atoms with van der Waals surface area (Å²) in [7, 11) is 0. The molecule has 0 radical (unpaired) electrons. The zero-order valence-corrected chi connectivity index (χ0v) is 16.5. The van der Waals surface area contributed by atoms with Gasteiger partial charge >= 0.3 is 0 Å². The molecule has 5 nitrogen and oxygen atoms in total. The van der Waals surface area contributed by atoms with Crippen molar-refractivity contribution in [2.24, 2.45) is 11.8 Å². The highest BCUT2D eigenvalue weighted by Crippen LogP contribution is 2.36. The molecule has 1 aliphatic carbocycles. The summed E-state index contributed by atoms with van der Waals surface area (Å²) in [5, 5.41) is 3.24. The minimum Gasteiger partial charge on any atom is -0.472 e. The van der Waals surface area contributed by atoms with Gasteiger partial charge in [-0.25, -0.2) is 4.39 Å². The van der Waals surface area contributed by atoms with E-state index in [0.29, 0.717) is 24.6 Å². The van der Waals surface area contributed by atoms with Crippen molar-refractivity contribution in [3.8, 4) is 0 Å². The molecule has 1 aromatic heterocycles. The highest BCUT2D eigenvalue weighted by Gasteiger charge is 2.33. The molecule has 2 heterocycles. The number of benzene rings is 1. The maximum absolute atomic E-state index is 13.4. The van der Waals surface area contributed by atoms with Gasteiger partial charge in [0.05, 0.1) is 23.8 Å². The molecule has 0 unspecified atom stereocenters. The van der Waals surface area contributed by atoms with Crippen LogP contribution < -0.4 is 5.32 Å². The number of hydrogen-bond donors (Lipinski definition) is 1. The van der Waals surface area contributed by atoms with Gasteiger partial charge in [0.15, 0.2) is 0 Å². The van der Waals surface area contributed by atoms with Gasteiger partial charge in [-0.1, -0.05) is 25.0 Å². The molecule has 2 atom stereocenters. The largest absolute Gasteiger partial charge is 0.472 e. The first kappa shape index (κ1) is 19.7. The lowest BCUT2D eigenvalue weighted by Crippen LogP contribution is -2.46. The molecule has 2 amide bonds. The first-order chi connectivity index (χ1) is 14.1. The fourth-order valence-electron chi connectivity index (χ4n) is 4.65. The third-order valence-electron chi connectivity index (χ3n) is 6.25. The highest BCUT2D eigenvalue weighted by atomic mass is 19.1. The molecule has 2 aromatic rings. The molecule has 0 spiro atoms. The van der Waals surface area contributed by atoms with Crippen LogP contribution in [0, 0.1) is 17.7 Å². The molecule has 2 fully saturated rings. The molecule has 1 saturated carbocycles. The Morgan fingerprint density at radius 3 is 2.52 bits per heavy atom. The molecule has 1 N–H and O–H groups in total. The molecular weight excluding hydrogens is 371 g/mol. The Balaban J connectivity index is 1.45. The van der Waals surface area contributed by atoms with Gasteiger partial charge in [-0.2, -0.15) is 0 Å². The van der Waals surface area contributed by atoms with E-state index in [2.05, 4.69) is 5.32 Å². The van der Waals surface area contributed by atoms with Gasteiger partial charge in [0, 0.05) is 13.1 Å². The lowest BCUT2D eigenvalue weighted by Gasteiger charge is -2.34. The van der Waals surface area contributed by atoms with E-state index in [-0.39, 0.29) is 29.6 Å².